The molecule has 0 atom stereocenters. The predicted molar refractivity (Wildman–Crippen MR) is 92.5 cm³/mol. The molecule has 5 heteroatoms. The van der Waals surface area contributed by atoms with Gasteiger partial charge >= 0.3 is 0 Å². The molecule has 108 valence electrons. The van der Waals surface area contributed by atoms with Gasteiger partial charge < -0.3 is 9.67 Å². The molecule has 0 radical (unpaired) electrons. The largest absolute Gasteiger partial charge is 0.507 e. The van der Waals surface area contributed by atoms with Gasteiger partial charge in [0.05, 0.1) is 16.6 Å². The smallest absolute Gasteiger partial charge is 0.144 e. The minimum atomic E-state index is 0.232. The second kappa shape index (κ2) is 5.81. The number of imidazole rings is 1. The maximum Gasteiger partial charge on any atom is 0.144 e. The van der Waals surface area contributed by atoms with Crippen LogP contribution in [0.1, 0.15) is 13.3 Å². The average molecular weight is 410 g/mol. The van der Waals surface area contributed by atoms with Crippen LogP contribution >= 0.6 is 31.9 Å². The molecule has 0 amide bonds. The monoisotopic (exact) mass is 408 g/mol. The van der Waals surface area contributed by atoms with Crippen LogP contribution in [0.15, 0.2) is 45.3 Å². The standard InChI is InChI=1S/C16H14Br2N2O/c1-2-7-20-14-6-4-10(17)8-13(14)19-16(20)12-5-3-11(18)9-15(12)21/h3-6,8-9,21H,2,7H2,1H3. The fourth-order valence-corrected chi connectivity index (χ4v) is 3.15. The molecule has 1 heterocycles. The second-order valence-electron chi connectivity index (χ2n) is 4.88. The lowest BCUT2D eigenvalue weighted by atomic mass is 10.2. The van der Waals surface area contributed by atoms with E-state index >= 15 is 0 Å². The van der Waals surface area contributed by atoms with Gasteiger partial charge in [0.2, 0.25) is 0 Å². The number of hydrogen-bond donors (Lipinski definition) is 1. The van der Waals surface area contributed by atoms with E-state index in [2.05, 4.69) is 49.4 Å². The van der Waals surface area contributed by atoms with Crippen molar-refractivity contribution in [1.29, 1.82) is 0 Å². The molecule has 0 aliphatic rings. The Morgan fingerprint density at radius 2 is 1.81 bits per heavy atom. The molecular formula is C16H14Br2N2O. The first kappa shape index (κ1) is 14.6. The van der Waals surface area contributed by atoms with E-state index in [4.69, 9.17) is 4.98 Å². The van der Waals surface area contributed by atoms with Gasteiger partial charge in [0, 0.05) is 15.5 Å². The van der Waals surface area contributed by atoms with Gasteiger partial charge in [-0.1, -0.05) is 38.8 Å². The van der Waals surface area contributed by atoms with Crippen molar-refractivity contribution in [2.24, 2.45) is 0 Å². The Kier molecular flexibility index (Phi) is 4.04. The van der Waals surface area contributed by atoms with Gasteiger partial charge in [-0.2, -0.15) is 0 Å². The van der Waals surface area contributed by atoms with Crippen LogP contribution < -0.4 is 0 Å². The van der Waals surface area contributed by atoms with Crippen LogP contribution in [-0.4, -0.2) is 14.7 Å². The Morgan fingerprint density at radius 3 is 2.52 bits per heavy atom. The Labute approximate surface area is 139 Å². The van der Waals surface area contributed by atoms with Crippen LogP contribution in [0.5, 0.6) is 5.75 Å². The summed E-state index contributed by atoms with van der Waals surface area (Å²) in [5.74, 6) is 1.03. The molecule has 3 nitrogen and oxygen atoms in total. The van der Waals surface area contributed by atoms with E-state index in [1.165, 1.54) is 0 Å². The zero-order valence-electron chi connectivity index (χ0n) is 11.5. The summed E-state index contributed by atoms with van der Waals surface area (Å²) in [6, 6.07) is 11.6. The molecular weight excluding hydrogens is 396 g/mol. The number of fused-ring (bicyclic) bond motifs is 1. The van der Waals surface area contributed by atoms with E-state index in [1.807, 2.05) is 24.3 Å². The first-order valence-electron chi connectivity index (χ1n) is 6.75. The van der Waals surface area contributed by atoms with Crippen molar-refractivity contribution in [3.8, 4) is 17.1 Å². The topological polar surface area (TPSA) is 38.0 Å². The number of aromatic nitrogens is 2. The summed E-state index contributed by atoms with van der Waals surface area (Å²) in [5, 5.41) is 10.2. The van der Waals surface area contributed by atoms with Crippen molar-refractivity contribution < 1.29 is 5.11 Å². The van der Waals surface area contributed by atoms with Gasteiger partial charge in [-0.25, -0.2) is 4.98 Å². The zero-order chi connectivity index (χ0) is 15.0. The third kappa shape index (κ3) is 2.72. The zero-order valence-corrected chi connectivity index (χ0v) is 14.6. The molecule has 21 heavy (non-hydrogen) atoms. The van der Waals surface area contributed by atoms with Crippen LogP contribution in [0.4, 0.5) is 0 Å². The van der Waals surface area contributed by atoms with Crippen LogP contribution in [0.2, 0.25) is 0 Å². The highest BCUT2D eigenvalue weighted by molar-refractivity contribution is 9.10. The summed E-state index contributed by atoms with van der Waals surface area (Å²) in [6.45, 7) is 3.00. The first-order chi connectivity index (χ1) is 10.1. The van der Waals surface area contributed by atoms with Crippen LogP contribution in [-0.2, 0) is 6.54 Å². The van der Waals surface area contributed by atoms with E-state index in [0.717, 1.165) is 44.3 Å². The van der Waals surface area contributed by atoms with E-state index in [9.17, 15) is 5.11 Å². The lowest BCUT2D eigenvalue weighted by Gasteiger charge is -2.09. The molecule has 0 unspecified atom stereocenters. The minimum Gasteiger partial charge on any atom is -0.507 e. The van der Waals surface area contributed by atoms with Crippen LogP contribution in [0.3, 0.4) is 0 Å². The molecule has 1 aromatic heterocycles. The molecule has 3 rings (SSSR count). The third-order valence-electron chi connectivity index (χ3n) is 3.36. The van der Waals surface area contributed by atoms with Crippen molar-refractivity contribution in [2.45, 2.75) is 19.9 Å². The van der Waals surface area contributed by atoms with Gasteiger partial charge in [0.25, 0.3) is 0 Å². The number of halogens is 2. The predicted octanol–water partition coefficient (Wildman–Crippen LogP) is 5.34. The second-order valence-corrected chi connectivity index (χ2v) is 6.71. The molecule has 0 aliphatic carbocycles. The highest BCUT2D eigenvalue weighted by Gasteiger charge is 2.15. The van der Waals surface area contributed by atoms with Crippen molar-refractivity contribution in [1.82, 2.24) is 9.55 Å². The summed E-state index contributed by atoms with van der Waals surface area (Å²) in [7, 11) is 0. The molecule has 0 aliphatic heterocycles. The molecule has 0 spiro atoms. The highest BCUT2D eigenvalue weighted by Crippen LogP contribution is 2.34. The maximum atomic E-state index is 10.2. The van der Waals surface area contributed by atoms with Crippen molar-refractivity contribution in [3.63, 3.8) is 0 Å². The quantitative estimate of drug-likeness (QED) is 0.633. The van der Waals surface area contributed by atoms with E-state index < -0.39 is 0 Å². The Morgan fingerprint density at radius 1 is 1.10 bits per heavy atom. The SMILES string of the molecule is CCCn1c(-c2ccc(Br)cc2O)nc2cc(Br)ccc21. The molecule has 0 saturated heterocycles. The molecule has 0 bridgehead atoms. The molecule has 2 aromatic carbocycles. The van der Waals surface area contributed by atoms with Crippen LogP contribution in [0.25, 0.3) is 22.4 Å². The summed E-state index contributed by atoms with van der Waals surface area (Å²) in [6.07, 6.45) is 1.01. The van der Waals surface area contributed by atoms with Gasteiger partial charge in [0.15, 0.2) is 0 Å². The van der Waals surface area contributed by atoms with Gasteiger partial charge in [-0.15, -0.1) is 0 Å². The number of aromatic hydroxyl groups is 1. The number of rotatable bonds is 3. The number of aryl methyl sites for hydroxylation is 1. The lowest BCUT2D eigenvalue weighted by molar-refractivity contribution is 0.476. The van der Waals surface area contributed by atoms with E-state index in [1.54, 1.807) is 6.07 Å². The number of phenols is 1. The highest BCUT2D eigenvalue weighted by atomic mass is 79.9. The molecule has 3 aromatic rings. The fourth-order valence-electron chi connectivity index (χ4n) is 2.45. The lowest BCUT2D eigenvalue weighted by Crippen LogP contribution is -1.99. The number of nitrogens with zero attached hydrogens (tertiary/aromatic N) is 2. The summed E-state index contributed by atoms with van der Waals surface area (Å²) >= 11 is 6.85. The summed E-state index contributed by atoms with van der Waals surface area (Å²) < 4.78 is 4.01. The number of benzene rings is 2. The fraction of sp³-hybridized carbons (Fsp3) is 0.188. The summed E-state index contributed by atoms with van der Waals surface area (Å²) in [4.78, 5) is 4.71. The first-order valence-corrected chi connectivity index (χ1v) is 8.33. The van der Waals surface area contributed by atoms with E-state index in [0.29, 0.717) is 0 Å². The minimum absolute atomic E-state index is 0.232. The van der Waals surface area contributed by atoms with E-state index in [-0.39, 0.29) is 5.75 Å². The molecule has 0 fully saturated rings. The number of phenolic OH excluding ortho intramolecular Hbond substituents is 1. The Hall–Kier alpha value is -1.33. The van der Waals surface area contributed by atoms with Crippen molar-refractivity contribution in [3.05, 3.63) is 45.3 Å². The van der Waals surface area contributed by atoms with Gasteiger partial charge in [-0.3, -0.25) is 0 Å². The molecule has 0 saturated carbocycles. The summed E-state index contributed by atoms with van der Waals surface area (Å²) in [5.41, 5.74) is 2.76. The Balaban J connectivity index is 2.27. The van der Waals surface area contributed by atoms with Gasteiger partial charge in [-0.05, 0) is 42.8 Å². The van der Waals surface area contributed by atoms with Crippen molar-refractivity contribution >= 4 is 42.9 Å². The number of hydrogen-bond acceptors (Lipinski definition) is 2. The maximum absolute atomic E-state index is 10.2. The van der Waals surface area contributed by atoms with Crippen molar-refractivity contribution in [2.75, 3.05) is 0 Å². The normalized spacial score (nSPS) is 11.2. The average Bonchev–Trinajstić information content (AvgIpc) is 2.77. The van der Waals surface area contributed by atoms with Gasteiger partial charge in [0.1, 0.15) is 11.6 Å². The third-order valence-corrected chi connectivity index (χ3v) is 4.34. The molecule has 1 N–H and O–H groups in total. The Bertz CT molecular complexity index is 811. The van der Waals surface area contributed by atoms with Crippen LogP contribution in [0, 0.1) is 0 Å².